The van der Waals surface area contributed by atoms with Crippen LogP contribution in [-0.4, -0.2) is 32.9 Å². The van der Waals surface area contributed by atoms with Crippen LogP contribution >= 0.6 is 15.8 Å². The van der Waals surface area contributed by atoms with Crippen LogP contribution < -0.4 is 0 Å². The molecule has 2 heteroatoms. The Morgan fingerprint density at radius 1 is 0.347 bits per heavy atom. The molecule has 16 bridgehead atoms. The lowest BCUT2D eigenvalue weighted by Crippen LogP contribution is -2.57. The minimum atomic E-state index is -0.0280. The van der Waals surface area contributed by atoms with E-state index in [0.29, 0.717) is 10.8 Å². The standard InChI is InChI=1S/C73H120P2/c1-68(2,3)23-19-15-11-7-9-13-17-21-64-37-65(50-74(70-38-52-25-53(39-70)27-54(26-52)40-70)71-41-55-28-56(42-71)30-57(29-55)43-71)67(66(64)22-18-14-10-8-12-16-20-24-69(4,5)6)51-75(72-44-58-31-59(45-72)33-60(32-58)46-72)73-47-61-34-62(48-73)36-63(35-61)49-73/h37,52-63,66H,7-36,38-51H2,1-6H3. The van der Waals surface area contributed by atoms with E-state index in [0.717, 1.165) is 97.6 Å². The average Bonchev–Trinajstić information content (AvgIpc) is 3.66. The first-order valence-corrected chi connectivity index (χ1v) is 38.1. The third kappa shape index (κ3) is 11.7. The summed E-state index contributed by atoms with van der Waals surface area (Å²) in [7, 11) is -0.0545. The molecule has 0 heterocycles. The number of hydrogen-bond acceptors (Lipinski definition) is 0. The van der Waals surface area contributed by atoms with Gasteiger partial charge in [0.05, 0.1) is 0 Å². The fourth-order valence-corrected chi connectivity index (χ4v) is 35.7. The van der Waals surface area contributed by atoms with Crippen molar-refractivity contribution in [3.8, 4) is 0 Å². The Bertz CT molecular complexity index is 1800. The molecule has 0 radical (unpaired) electrons. The molecule has 17 aliphatic carbocycles. The van der Waals surface area contributed by atoms with Crippen molar-refractivity contribution < 1.29 is 0 Å². The van der Waals surface area contributed by atoms with Gasteiger partial charge in [0.25, 0.3) is 0 Å². The summed E-state index contributed by atoms with van der Waals surface area (Å²) >= 11 is 0. The molecule has 0 nitrogen and oxygen atoms in total. The molecule has 75 heavy (non-hydrogen) atoms. The van der Waals surface area contributed by atoms with E-state index in [-0.39, 0.29) is 15.8 Å². The minimum absolute atomic E-state index is 0.0265. The van der Waals surface area contributed by atoms with E-state index in [1.807, 2.05) is 5.57 Å². The maximum Gasteiger partial charge on any atom is 0.00196 e. The number of hydrogen-bond donors (Lipinski definition) is 0. The first kappa shape index (κ1) is 54.6. The van der Waals surface area contributed by atoms with Crippen molar-refractivity contribution in [2.75, 3.05) is 12.3 Å². The van der Waals surface area contributed by atoms with Crippen molar-refractivity contribution in [2.24, 2.45) is 87.8 Å². The van der Waals surface area contributed by atoms with Gasteiger partial charge in [0.15, 0.2) is 0 Å². The van der Waals surface area contributed by atoms with Gasteiger partial charge < -0.3 is 0 Å². The summed E-state index contributed by atoms with van der Waals surface area (Å²) in [4.78, 5) is 0. The Labute approximate surface area is 468 Å². The highest BCUT2D eigenvalue weighted by molar-refractivity contribution is 7.62. The van der Waals surface area contributed by atoms with Crippen molar-refractivity contribution in [2.45, 2.75) is 332 Å². The van der Waals surface area contributed by atoms with Gasteiger partial charge in [0.2, 0.25) is 0 Å². The molecule has 422 valence electrons. The van der Waals surface area contributed by atoms with Gasteiger partial charge in [0.1, 0.15) is 0 Å². The van der Waals surface area contributed by atoms with Gasteiger partial charge in [-0.2, -0.15) is 0 Å². The largest absolute Gasteiger partial charge is 0.0897 e. The third-order valence-corrected chi connectivity index (χ3v) is 34.5. The van der Waals surface area contributed by atoms with Crippen LogP contribution in [0.3, 0.4) is 0 Å². The van der Waals surface area contributed by atoms with E-state index in [4.69, 9.17) is 0 Å². The lowest BCUT2D eigenvalue weighted by atomic mass is 9.55. The highest BCUT2D eigenvalue weighted by atomic mass is 31.1. The highest BCUT2D eigenvalue weighted by Gasteiger charge is 2.65. The molecule has 0 N–H and O–H groups in total. The predicted octanol–water partition coefficient (Wildman–Crippen LogP) is 22.8. The second-order valence-electron chi connectivity index (χ2n) is 35.2. The summed E-state index contributed by atoms with van der Waals surface area (Å²) in [6.45, 7) is 14.7. The maximum atomic E-state index is 3.20. The molecular weight excluding hydrogens is 939 g/mol. The molecule has 16 fully saturated rings. The maximum absolute atomic E-state index is 3.20. The van der Waals surface area contributed by atoms with Gasteiger partial charge in [-0.3, -0.25) is 0 Å². The summed E-state index contributed by atoms with van der Waals surface area (Å²) in [5, 5.41) is 2.96. The quantitative estimate of drug-likeness (QED) is 0.0598. The van der Waals surface area contributed by atoms with Crippen LogP contribution in [0.15, 0.2) is 22.8 Å². The Balaban J connectivity index is 0.840. The van der Waals surface area contributed by atoms with Crippen molar-refractivity contribution in [1.29, 1.82) is 0 Å². The molecule has 0 aromatic carbocycles. The van der Waals surface area contributed by atoms with E-state index in [1.165, 1.54) is 116 Å². The molecule has 0 aliphatic heterocycles. The van der Waals surface area contributed by atoms with Gasteiger partial charge in [0, 0.05) is 5.92 Å². The van der Waals surface area contributed by atoms with Gasteiger partial charge >= 0.3 is 0 Å². The molecule has 1 unspecified atom stereocenters. The summed E-state index contributed by atoms with van der Waals surface area (Å²) in [6, 6.07) is 0. The smallest absolute Gasteiger partial charge is 0.00196 e. The van der Waals surface area contributed by atoms with E-state index < -0.39 is 0 Å². The fourth-order valence-electron chi connectivity index (χ4n) is 25.2. The van der Waals surface area contributed by atoms with Crippen LogP contribution in [0.5, 0.6) is 0 Å². The monoisotopic (exact) mass is 1060 g/mol. The SMILES string of the molecule is CC(C)(C)CCCCCCCCCC1=CC(CP(C23CC4CC(CC(C4)C2)C3)C23CC4CC(CC(C4)C2)C3)=C(CP(C23CC4CC(CC(C4)C2)C3)C23CC4CC(CC(C4)C2)C3)C1CCCCCCCCCC(C)(C)C. The van der Waals surface area contributed by atoms with Crippen LogP contribution in [0.1, 0.15) is 311 Å². The topological polar surface area (TPSA) is 0 Å². The Morgan fingerprint density at radius 2 is 0.613 bits per heavy atom. The van der Waals surface area contributed by atoms with E-state index in [2.05, 4.69) is 58.8 Å². The zero-order valence-corrected chi connectivity index (χ0v) is 52.4. The average molecular weight is 1060 g/mol. The molecule has 17 rings (SSSR count). The molecule has 16 saturated carbocycles. The predicted molar refractivity (Wildman–Crippen MR) is 328 cm³/mol. The van der Waals surface area contributed by atoms with Crippen molar-refractivity contribution in [3.05, 3.63) is 22.8 Å². The van der Waals surface area contributed by atoms with Gasteiger partial charge in [-0.15, -0.1) is 0 Å². The summed E-state index contributed by atoms with van der Waals surface area (Å²) < 4.78 is 0. The van der Waals surface area contributed by atoms with Crippen molar-refractivity contribution >= 4 is 15.8 Å². The van der Waals surface area contributed by atoms with E-state index in [1.54, 1.807) is 166 Å². The number of rotatable bonds is 26. The number of unbranched alkanes of at least 4 members (excludes halogenated alkanes) is 12. The minimum Gasteiger partial charge on any atom is -0.0897 e. The molecule has 0 saturated heterocycles. The molecule has 0 aromatic rings. The van der Waals surface area contributed by atoms with Crippen LogP contribution in [-0.2, 0) is 0 Å². The summed E-state index contributed by atoms with van der Waals surface area (Å²) in [5.41, 5.74) is 7.42. The van der Waals surface area contributed by atoms with Crippen LogP contribution in [0, 0.1) is 87.8 Å². The normalized spacial score (nSPS) is 44.5. The Morgan fingerprint density at radius 3 is 0.920 bits per heavy atom. The van der Waals surface area contributed by atoms with Crippen LogP contribution in [0.2, 0.25) is 0 Å². The Hall–Kier alpha value is 0.340. The summed E-state index contributed by atoms with van der Waals surface area (Å²) in [5.74, 6) is 14.0. The zero-order valence-electron chi connectivity index (χ0n) is 50.6. The van der Waals surface area contributed by atoms with Crippen LogP contribution in [0.4, 0.5) is 0 Å². The van der Waals surface area contributed by atoms with Crippen LogP contribution in [0.25, 0.3) is 0 Å². The molecule has 17 aliphatic rings. The lowest BCUT2D eigenvalue weighted by Gasteiger charge is -2.68. The van der Waals surface area contributed by atoms with E-state index >= 15 is 0 Å². The third-order valence-electron chi connectivity index (χ3n) is 26.4. The molecule has 0 spiro atoms. The van der Waals surface area contributed by atoms with Crippen molar-refractivity contribution in [1.82, 2.24) is 0 Å². The second kappa shape index (κ2) is 21.8. The van der Waals surface area contributed by atoms with Crippen molar-refractivity contribution in [3.63, 3.8) is 0 Å². The fraction of sp³-hybridized carbons (Fsp3) is 0.945. The molecule has 1 atom stereocenters. The van der Waals surface area contributed by atoms with E-state index in [9.17, 15) is 0 Å². The molecule has 0 aromatic heterocycles. The lowest BCUT2D eigenvalue weighted by molar-refractivity contribution is 0.0184. The first-order valence-electron chi connectivity index (χ1n) is 35.0. The first-order chi connectivity index (χ1) is 36.1. The Kier molecular flexibility index (Phi) is 15.9. The van der Waals surface area contributed by atoms with Gasteiger partial charge in [-0.1, -0.05) is 158 Å². The molecular formula is C73H120P2. The highest BCUT2D eigenvalue weighted by Crippen LogP contribution is 2.82. The summed E-state index contributed by atoms with van der Waals surface area (Å²) in [6.07, 6.45) is 72.9. The number of allylic oxidation sites excluding steroid dienone is 4. The zero-order chi connectivity index (χ0) is 51.2. The van der Waals surface area contributed by atoms with Gasteiger partial charge in [-0.25, -0.2) is 0 Å². The van der Waals surface area contributed by atoms with Gasteiger partial charge in [-0.05, 0) is 307 Å². The second-order valence-corrected chi connectivity index (χ2v) is 41.3. The molecule has 0 amide bonds.